The van der Waals surface area contributed by atoms with Gasteiger partial charge in [-0.2, -0.15) is 0 Å². The summed E-state index contributed by atoms with van der Waals surface area (Å²) in [5, 5.41) is 5.76. The van der Waals surface area contributed by atoms with Gasteiger partial charge in [-0.05, 0) is 66.9 Å². The molecule has 0 atom stereocenters. The van der Waals surface area contributed by atoms with Crippen molar-refractivity contribution in [1.82, 2.24) is 0 Å². The number of ether oxygens (including phenoxy) is 1. The quantitative estimate of drug-likeness (QED) is 0.417. The predicted octanol–water partition coefficient (Wildman–Crippen LogP) is 6.30. The molecule has 5 nitrogen and oxygen atoms in total. The number of benzene rings is 3. The molecular weight excluding hydrogens is 456 g/mol. The summed E-state index contributed by atoms with van der Waals surface area (Å²) >= 11 is 3.41. The van der Waals surface area contributed by atoms with Crippen LogP contribution in [0.15, 0.2) is 71.2 Å². The van der Waals surface area contributed by atoms with Gasteiger partial charge in [0, 0.05) is 21.4 Å². The first-order valence-corrected chi connectivity index (χ1v) is 10.8. The number of anilines is 2. The highest BCUT2D eigenvalue weighted by Crippen LogP contribution is 2.25. The highest BCUT2D eigenvalue weighted by molar-refractivity contribution is 9.10. The van der Waals surface area contributed by atoms with Gasteiger partial charge in [0.25, 0.3) is 11.8 Å². The van der Waals surface area contributed by atoms with Crippen molar-refractivity contribution < 1.29 is 14.3 Å². The van der Waals surface area contributed by atoms with Gasteiger partial charge in [0.15, 0.2) is 0 Å². The Bertz CT molecular complexity index is 1080. The average molecular weight is 481 g/mol. The summed E-state index contributed by atoms with van der Waals surface area (Å²) in [5.74, 6) is 0.450. The van der Waals surface area contributed by atoms with E-state index in [2.05, 4.69) is 40.4 Å². The molecule has 0 aromatic heterocycles. The number of aryl methyl sites for hydroxylation is 1. The molecule has 0 unspecified atom stereocenters. The molecule has 0 heterocycles. The Balaban J connectivity index is 1.69. The minimum Gasteiger partial charge on any atom is -0.492 e. The van der Waals surface area contributed by atoms with E-state index in [4.69, 9.17) is 4.74 Å². The van der Waals surface area contributed by atoms with E-state index in [1.54, 1.807) is 42.5 Å². The Labute approximate surface area is 191 Å². The minimum atomic E-state index is -0.267. The summed E-state index contributed by atoms with van der Waals surface area (Å²) < 4.78 is 6.59. The summed E-state index contributed by atoms with van der Waals surface area (Å²) in [6.07, 6.45) is 0. The van der Waals surface area contributed by atoms with Crippen LogP contribution >= 0.6 is 15.9 Å². The summed E-state index contributed by atoms with van der Waals surface area (Å²) in [6, 6.07) is 19.8. The molecule has 6 heteroatoms. The van der Waals surface area contributed by atoms with Crippen LogP contribution in [0.3, 0.4) is 0 Å². The smallest absolute Gasteiger partial charge is 0.259 e. The normalized spacial score (nSPS) is 10.6. The van der Waals surface area contributed by atoms with Crippen molar-refractivity contribution in [3.05, 3.63) is 87.9 Å². The van der Waals surface area contributed by atoms with Gasteiger partial charge in [0.05, 0.1) is 12.2 Å². The second-order valence-corrected chi connectivity index (χ2v) is 8.56. The van der Waals surface area contributed by atoms with Crippen molar-refractivity contribution in [2.75, 3.05) is 17.2 Å². The van der Waals surface area contributed by atoms with E-state index in [1.165, 1.54) is 0 Å². The number of hydrogen-bond donors (Lipinski definition) is 2. The first kappa shape index (κ1) is 22.6. The van der Waals surface area contributed by atoms with Crippen LogP contribution in [0.1, 0.15) is 40.1 Å². The van der Waals surface area contributed by atoms with Crippen molar-refractivity contribution in [1.29, 1.82) is 0 Å². The second-order valence-electron chi connectivity index (χ2n) is 7.65. The van der Waals surface area contributed by atoms with Crippen LogP contribution in [0.25, 0.3) is 0 Å². The molecule has 31 heavy (non-hydrogen) atoms. The molecule has 160 valence electrons. The van der Waals surface area contributed by atoms with Crippen molar-refractivity contribution in [2.45, 2.75) is 20.8 Å². The molecular formula is C25H25BrN2O3. The van der Waals surface area contributed by atoms with Crippen molar-refractivity contribution in [3.8, 4) is 5.75 Å². The van der Waals surface area contributed by atoms with Gasteiger partial charge in [-0.1, -0.05) is 48.0 Å². The summed E-state index contributed by atoms with van der Waals surface area (Å²) in [6.45, 7) is 6.53. The van der Waals surface area contributed by atoms with Crippen molar-refractivity contribution >= 4 is 39.1 Å². The van der Waals surface area contributed by atoms with E-state index >= 15 is 0 Å². The Kier molecular flexibility index (Phi) is 7.47. The zero-order chi connectivity index (χ0) is 22.4. The lowest BCUT2D eigenvalue weighted by atomic mass is 10.1. The van der Waals surface area contributed by atoms with E-state index in [0.29, 0.717) is 40.8 Å². The Hall–Kier alpha value is -3.12. The molecule has 0 aliphatic carbocycles. The topological polar surface area (TPSA) is 67.4 Å². The van der Waals surface area contributed by atoms with E-state index < -0.39 is 0 Å². The van der Waals surface area contributed by atoms with Gasteiger partial charge in [0.1, 0.15) is 5.75 Å². The monoisotopic (exact) mass is 480 g/mol. The maximum atomic E-state index is 12.8. The number of halogens is 1. The van der Waals surface area contributed by atoms with Gasteiger partial charge < -0.3 is 15.4 Å². The zero-order valence-electron chi connectivity index (χ0n) is 17.7. The molecule has 0 aliphatic heterocycles. The van der Waals surface area contributed by atoms with Gasteiger partial charge in [-0.25, -0.2) is 0 Å². The Morgan fingerprint density at radius 1 is 0.871 bits per heavy atom. The average Bonchev–Trinajstić information content (AvgIpc) is 2.74. The molecule has 3 rings (SSSR count). The second kappa shape index (κ2) is 10.3. The fraction of sp³-hybridized carbons (Fsp3) is 0.200. The van der Waals surface area contributed by atoms with E-state index in [1.807, 2.05) is 31.2 Å². The van der Waals surface area contributed by atoms with Crippen LogP contribution in [0.2, 0.25) is 0 Å². The van der Waals surface area contributed by atoms with E-state index in [-0.39, 0.29) is 11.8 Å². The predicted molar refractivity (Wildman–Crippen MR) is 128 cm³/mol. The molecule has 0 fully saturated rings. The Morgan fingerprint density at radius 2 is 1.45 bits per heavy atom. The molecule has 0 saturated carbocycles. The Morgan fingerprint density at radius 3 is 2.03 bits per heavy atom. The first-order valence-electron chi connectivity index (χ1n) is 10.0. The summed E-state index contributed by atoms with van der Waals surface area (Å²) in [5.41, 5.74) is 3.26. The number of carbonyl (C=O) groups is 2. The number of nitrogens with one attached hydrogen (secondary N) is 2. The van der Waals surface area contributed by atoms with Crippen LogP contribution in [0.4, 0.5) is 11.4 Å². The van der Waals surface area contributed by atoms with Crippen LogP contribution < -0.4 is 15.4 Å². The zero-order valence-corrected chi connectivity index (χ0v) is 19.3. The molecule has 0 aliphatic rings. The molecule has 0 saturated heterocycles. The number of carbonyl (C=O) groups excluding carboxylic acids is 2. The molecule has 2 N–H and O–H groups in total. The van der Waals surface area contributed by atoms with E-state index in [0.717, 1.165) is 10.0 Å². The molecule has 0 bridgehead atoms. The number of amides is 2. The standard InChI is InChI=1S/C25H25BrN2O3/c1-16(2)15-31-23-13-8-18(26)14-22(23)25(30)28-20-11-9-19(10-12-20)27-24(29)21-7-5-4-6-17(21)3/h4-14,16H,15H2,1-3H3,(H,27,29)(H,28,30). The van der Waals surface area contributed by atoms with Crippen LogP contribution in [-0.2, 0) is 0 Å². The maximum absolute atomic E-state index is 12.8. The van der Waals surface area contributed by atoms with Gasteiger partial charge >= 0.3 is 0 Å². The number of hydrogen-bond acceptors (Lipinski definition) is 3. The summed E-state index contributed by atoms with van der Waals surface area (Å²) in [7, 11) is 0. The van der Waals surface area contributed by atoms with E-state index in [9.17, 15) is 9.59 Å². The molecule has 0 spiro atoms. The van der Waals surface area contributed by atoms with Crippen molar-refractivity contribution in [3.63, 3.8) is 0 Å². The third-order valence-corrected chi connectivity index (χ3v) is 5.04. The SMILES string of the molecule is Cc1ccccc1C(=O)Nc1ccc(NC(=O)c2cc(Br)ccc2OCC(C)C)cc1. The summed E-state index contributed by atoms with van der Waals surface area (Å²) in [4.78, 5) is 25.3. The highest BCUT2D eigenvalue weighted by Gasteiger charge is 2.15. The van der Waals surface area contributed by atoms with Gasteiger partial charge in [0.2, 0.25) is 0 Å². The van der Waals surface area contributed by atoms with Crippen LogP contribution in [0.5, 0.6) is 5.75 Å². The lowest BCUT2D eigenvalue weighted by Gasteiger charge is -2.14. The lowest BCUT2D eigenvalue weighted by molar-refractivity contribution is 0.101. The van der Waals surface area contributed by atoms with Crippen LogP contribution in [-0.4, -0.2) is 18.4 Å². The maximum Gasteiger partial charge on any atom is 0.259 e. The minimum absolute atomic E-state index is 0.170. The first-order chi connectivity index (χ1) is 14.8. The van der Waals surface area contributed by atoms with Gasteiger partial charge in [-0.3, -0.25) is 9.59 Å². The fourth-order valence-corrected chi connectivity index (χ4v) is 3.28. The largest absolute Gasteiger partial charge is 0.492 e. The van der Waals surface area contributed by atoms with Crippen LogP contribution in [0, 0.1) is 12.8 Å². The molecule has 3 aromatic rings. The third-order valence-electron chi connectivity index (χ3n) is 4.55. The molecule has 3 aromatic carbocycles. The molecule has 2 amide bonds. The fourth-order valence-electron chi connectivity index (χ4n) is 2.92. The number of rotatable bonds is 7. The molecule has 0 radical (unpaired) electrons. The van der Waals surface area contributed by atoms with Gasteiger partial charge in [-0.15, -0.1) is 0 Å². The van der Waals surface area contributed by atoms with Crippen molar-refractivity contribution in [2.24, 2.45) is 5.92 Å². The lowest BCUT2D eigenvalue weighted by Crippen LogP contribution is -2.15. The third kappa shape index (κ3) is 6.18. The highest BCUT2D eigenvalue weighted by atomic mass is 79.9.